The summed E-state index contributed by atoms with van der Waals surface area (Å²) in [6, 6.07) is 0. The molecule has 0 radical (unpaired) electrons. The fourth-order valence-electron chi connectivity index (χ4n) is 4.72. The van der Waals surface area contributed by atoms with Crippen LogP contribution in [0.25, 0.3) is 0 Å². The number of esters is 3. The molecule has 0 aromatic carbocycles. The van der Waals surface area contributed by atoms with E-state index in [1.54, 1.807) is 62.3 Å². The number of hydrogen-bond donors (Lipinski definition) is 5. The summed E-state index contributed by atoms with van der Waals surface area (Å²) in [4.78, 5) is 40.3. The minimum Gasteiger partial charge on any atom is -0.460 e. The van der Waals surface area contributed by atoms with Crippen LogP contribution in [-0.2, 0) is 28.6 Å². The van der Waals surface area contributed by atoms with Crippen LogP contribution in [-0.4, -0.2) is 86.1 Å². The normalized spacial score (nSPS) is 13.4. The Morgan fingerprint density at radius 1 is 0.522 bits per heavy atom. The number of ether oxygens (including phenoxy) is 3. The minimum atomic E-state index is -2.38. The zero-order valence-corrected chi connectivity index (χ0v) is 30.9. The SMILES string of the molecule is CC(C)(C)OC(=O)C(CCNCCCCCCNCCCCCCNCCCCN)C(N)(C(=O)OC(C)(C)C)C(=O)OC(C)(C)C. The van der Waals surface area contributed by atoms with Gasteiger partial charge in [0.25, 0.3) is 0 Å². The maximum Gasteiger partial charge on any atom is 0.339 e. The van der Waals surface area contributed by atoms with E-state index in [1.807, 2.05) is 0 Å². The quantitative estimate of drug-likeness (QED) is 0.0410. The van der Waals surface area contributed by atoms with Crippen LogP contribution >= 0.6 is 0 Å². The molecule has 272 valence electrons. The molecule has 0 aliphatic heterocycles. The van der Waals surface area contributed by atoms with Gasteiger partial charge in [0, 0.05) is 0 Å². The summed E-state index contributed by atoms with van der Waals surface area (Å²) < 4.78 is 16.7. The topological polar surface area (TPSA) is 167 Å². The van der Waals surface area contributed by atoms with Crippen molar-refractivity contribution in [2.24, 2.45) is 17.4 Å². The van der Waals surface area contributed by atoms with Crippen LogP contribution in [0.2, 0.25) is 0 Å². The molecule has 0 amide bonds. The van der Waals surface area contributed by atoms with Gasteiger partial charge in [0.2, 0.25) is 5.54 Å². The first kappa shape index (κ1) is 44.2. The summed E-state index contributed by atoms with van der Waals surface area (Å²) in [7, 11) is 0. The van der Waals surface area contributed by atoms with E-state index in [0.29, 0.717) is 6.54 Å². The van der Waals surface area contributed by atoms with Gasteiger partial charge in [-0.3, -0.25) is 4.79 Å². The Labute approximate surface area is 280 Å². The third kappa shape index (κ3) is 21.9. The summed E-state index contributed by atoms with van der Waals surface area (Å²) in [5.41, 5.74) is 6.98. The van der Waals surface area contributed by atoms with Gasteiger partial charge in [0.15, 0.2) is 0 Å². The van der Waals surface area contributed by atoms with Crippen LogP contribution in [0.15, 0.2) is 0 Å². The molecule has 1 unspecified atom stereocenters. The summed E-state index contributed by atoms with van der Waals surface area (Å²) in [6.45, 7) is 21.4. The third-order valence-corrected chi connectivity index (χ3v) is 7.05. The van der Waals surface area contributed by atoms with Crippen molar-refractivity contribution in [2.75, 3.05) is 45.8 Å². The zero-order valence-electron chi connectivity index (χ0n) is 30.9. The van der Waals surface area contributed by atoms with Crippen LogP contribution < -0.4 is 27.4 Å². The van der Waals surface area contributed by atoms with Gasteiger partial charge >= 0.3 is 17.9 Å². The molecule has 46 heavy (non-hydrogen) atoms. The van der Waals surface area contributed by atoms with Crippen LogP contribution in [0, 0.1) is 5.92 Å². The lowest BCUT2D eigenvalue weighted by atomic mass is 9.81. The molecule has 0 aliphatic rings. The molecule has 0 aromatic rings. The second-order valence-corrected chi connectivity index (χ2v) is 15.3. The van der Waals surface area contributed by atoms with Crippen molar-refractivity contribution in [1.29, 1.82) is 0 Å². The van der Waals surface area contributed by atoms with E-state index in [4.69, 9.17) is 25.7 Å². The maximum absolute atomic E-state index is 13.4. The predicted molar refractivity (Wildman–Crippen MR) is 186 cm³/mol. The number of hydrogen-bond acceptors (Lipinski definition) is 11. The molecule has 0 saturated carbocycles. The molecule has 0 spiro atoms. The van der Waals surface area contributed by atoms with E-state index in [2.05, 4.69) is 16.0 Å². The van der Waals surface area contributed by atoms with Crippen LogP contribution in [0.1, 0.15) is 133 Å². The number of unbranched alkanes of at least 4 members (excludes halogenated alkanes) is 7. The van der Waals surface area contributed by atoms with Gasteiger partial charge in [-0.1, -0.05) is 25.7 Å². The Morgan fingerprint density at radius 2 is 0.848 bits per heavy atom. The van der Waals surface area contributed by atoms with Crippen LogP contribution in [0.5, 0.6) is 0 Å². The van der Waals surface area contributed by atoms with Crippen molar-refractivity contribution in [2.45, 2.75) is 155 Å². The summed E-state index contributed by atoms with van der Waals surface area (Å²) in [6.07, 6.45) is 11.7. The van der Waals surface area contributed by atoms with Gasteiger partial charge in [-0.25, -0.2) is 9.59 Å². The largest absolute Gasteiger partial charge is 0.460 e. The molecule has 0 fully saturated rings. The molecule has 0 aliphatic carbocycles. The first-order chi connectivity index (χ1) is 21.3. The standard InChI is InChI=1S/C35H71N5O6/c1-32(2,3)44-29(41)28(35(37,30(42)45-33(4,5)6)31(43)46-34(7,8)9)20-27-40-25-18-13-12-16-23-38-22-15-10-11-17-24-39-26-19-14-21-36/h28,38-40H,10-27,36-37H2,1-9H3. The molecule has 0 bridgehead atoms. The van der Waals surface area contributed by atoms with Crippen molar-refractivity contribution >= 4 is 17.9 Å². The smallest absolute Gasteiger partial charge is 0.339 e. The molecule has 0 aromatic heterocycles. The Bertz CT molecular complexity index is 820. The van der Waals surface area contributed by atoms with Gasteiger partial charge in [0.1, 0.15) is 16.8 Å². The highest BCUT2D eigenvalue weighted by atomic mass is 16.6. The molecule has 1 atom stereocenters. The highest BCUT2D eigenvalue weighted by Crippen LogP contribution is 2.29. The van der Waals surface area contributed by atoms with Crippen LogP contribution in [0.4, 0.5) is 0 Å². The number of carbonyl (C=O) groups excluding carboxylic acids is 3. The fraction of sp³-hybridized carbons (Fsp3) is 0.914. The van der Waals surface area contributed by atoms with Gasteiger partial charge < -0.3 is 41.6 Å². The second kappa shape index (κ2) is 22.7. The number of rotatable bonds is 25. The fourth-order valence-corrected chi connectivity index (χ4v) is 4.72. The van der Waals surface area contributed by atoms with Crippen molar-refractivity contribution in [3.05, 3.63) is 0 Å². The first-order valence-electron chi connectivity index (χ1n) is 17.6. The lowest BCUT2D eigenvalue weighted by Crippen LogP contribution is -2.66. The molecule has 11 nitrogen and oxygen atoms in total. The van der Waals surface area contributed by atoms with Crippen molar-refractivity contribution in [3.63, 3.8) is 0 Å². The van der Waals surface area contributed by atoms with Gasteiger partial charge in [0.05, 0.1) is 5.92 Å². The molecule has 0 rings (SSSR count). The average Bonchev–Trinajstić information content (AvgIpc) is 2.90. The lowest BCUT2D eigenvalue weighted by Gasteiger charge is -2.37. The van der Waals surface area contributed by atoms with Gasteiger partial charge in [-0.2, -0.15) is 0 Å². The Hall–Kier alpha value is -1.79. The zero-order chi connectivity index (χ0) is 35.3. The highest BCUT2D eigenvalue weighted by Gasteiger charge is 2.57. The molecule has 0 saturated heterocycles. The maximum atomic E-state index is 13.4. The molecular weight excluding hydrogens is 586 g/mol. The van der Waals surface area contributed by atoms with Crippen LogP contribution in [0.3, 0.4) is 0 Å². The van der Waals surface area contributed by atoms with Crippen molar-refractivity contribution < 1.29 is 28.6 Å². The Kier molecular flexibility index (Phi) is 21.8. The highest BCUT2D eigenvalue weighted by molar-refractivity contribution is 6.08. The molecule has 0 heterocycles. The van der Waals surface area contributed by atoms with Crippen molar-refractivity contribution in [1.82, 2.24) is 16.0 Å². The average molecular weight is 658 g/mol. The van der Waals surface area contributed by atoms with Gasteiger partial charge in [-0.15, -0.1) is 0 Å². The minimum absolute atomic E-state index is 0.0964. The van der Waals surface area contributed by atoms with Gasteiger partial charge in [-0.05, 0) is 153 Å². The van der Waals surface area contributed by atoms with E-state index in [0.717, 1.165) is 77.8 Å². The monoisotopic (exact) mass is 658 g/mol. The number of nitrogens with one attached hydrogen (secondary N) is 3. The lowest BCUT2D eigenvalue weighted by molar-refractivity contribution is -0.188. The number of nitrogens with two attached hydrogens (primary N) is 2. The number of carbonyl (C=O) groups is 3. The van der Waals surface area contributed by atoms with E-state index in [1.165, 1.54) is 25.7 Å². The molecule has 11 heteroatoms. The van der Waals surface area contributed by atoms with E-state index in [9.17, 15) is 14.4 Å². The third-order valence-electron chi connectivity index (χ3n) is 7.05. The van der Waals surface area contributed by atoms with E-state index < -0.39 is 46.2 Å². The molecular formula is C35H71N5O6. The summed E-state index contributed by atoms with van der Waals surface area (Å²) in [5, 5.41) is 10.4. The van der Waals surface area contributed by atoms with E-state index >= 15 is 0 Å². The Morgan fingerprint density at radius 3 is 1.17 bits per heavy atom. The van der Waals surface area contributed by atoms with Crippen molar-refractivity contribution in [3.8, 4) is 0 Å². The van der Waals surface area contributed by atoms with E-state index in [-0.39, 0.29) is 6.42 Å². The Balaban J connectivity index is 4.68. The molecule has 7 N–H and O–H groups in total. The summed E-state index contributed by atoms with van der Waals surface area (Å²) in [5.74, 6) is -4.08. The summed E-state index contributed by atoms with van der Waals surface area (Å²) >= 11 is 0. The first-order valence-corrected chi connectivity index (χ1v) is 17.6. The predicted octanol–water partition coefficient (Wildman–Crippen LogP) is 4.34. The second-order valence-electron chi connectivity index (χ2n) is 15.3.